The Kier molecular flexibility index (Phi) is 4.21. The normalized spacial score (nSPS) is 10.4. The summed E-state index contributed by atoms with van der Waals surface area (Å²) in [6, 6.07) is 24.7. The number of aryl methyl sites for hydroxylation is 1. The molecule has 0 aliphatic carbocycles. The molecule has 0 amide bonds. The number of para-hydroxylation sites is 1. The van der Waals surface area contributed by atoms with Crippen LogP contribution in [0.15, 0.2) is 79.0 Å². The Bertz CT molecular complexity index is 1120. The van der Waals surface area contributed by atoms with Crippen LogP contribution >= 0.6 is 0 Å². The first kappa shape index (κ1) is 16.1. The van der Waals surface area contributed by atoms with Gasteiger partial charge in [0.1, 0.15) is 5.75 Å². The smallest absolute Gasteiger partial charge is 0.119 e. The zero-order chi connectivity index (χ0) is 17.9. The fraction of sp³-hybridized carbons (Fsp3) is 0.0833. The summed E-state index contributed by atoms with van der Waals surface area (Å²) in [7, 11) is 1.69. The molecule has 0 fully saturated rings. The summed E-state index contributed by atoms with van der Waals surface area (Å²) in [5.41, 5.74) is 5.47. The monoisotopic (exact) mass is 337 g/mol. The summed E-state index contributed by atoms with van der Waals surface area (Å²) in [5, 5.41) is 1.14. The molecule has 4 rings (SSSR count). The molecule has 0 atom stereocenters. The van der Waals surface area contributed by atoms with Gasteiger partial charge in [0, 0.05) is 22.7 Å². The highest BCUT2D eigenvalue weighted by Crippen LogP contribution is 2.26. The number of hydrogen-bond donors (Lipinski definition) is 0. The molecule has 4 aromatic rings. The largest absolute Gasteiger partial charge is 0.497 e. The Morgan fingerprint density at radius 3 is 2.46 bits per heavy atom. The molecule has 1 heterocycles. The number of methoxy groups -OCH3 is 1. The van der Waals surface area contributed by atoms with E-state index in [4.69, 9.17) is 4.74 Å². The van der Waals surface area contributed by atoms with E-state index in [0.29, 0.717) is 0 Å². The molecule has 0 aliphatic rings. The minimum absolute atomic E-state index is 0.864. The van der Waals surface area contributed by atoms with E-state index in [2.05, 4.69) is 78.1 Å². The first-order valence-corrected chi connectivity index (χ1v) is 8.58. The molecule has 2 nitrogen and oxygen atoms in total. The Balaban J connectivity index is 1.78. The van der Waals surface area contributed by atoms with Gasteiger partial charge in [-0.3, -0.25) is 0 Å². The molecule has 0 saturated heterocycles. The molecule has 0 aliphatic heterocycles. The Labute approximate surface area is 153 Å². The number of aromatic nitrogens is 1. The van der Waals surface area contributed by atoms with E-state index < -0.39 is 0 Å². The third-order valence-corrected chi connectivity index (χ3v) is 4.45. The predicted octanol–water partition coefficient (Wildman–Crippen LogP) is 5.35. The van der Waals surface area contributed by atoms with Gasteiger partial charge >= 0.3 is 0 Å². The van der Waals surface area contributed by atoms with Crippen molar-refractivity contribution in [3.8, 4) is 23.3 Å². The van der Waals surface area contributed by atoms with Gasteiger partial charge in [-0.05, 0) is 55.5 Å². The van der Waals surface area contributed by atoms with Gasteiger partial charge < -0.3 is 9.30 Å². The van der Waals surface area contributed by atoms with Crippen molar-refractivity contribution in [2.24, 2.45) is 0 Å². The molecule has 0 unspecified atom stereocenters. The topological polar surface area (TPSA) is 14.2 Å². The number of benzene rings is 3. The van der Waals surface area contributed by atoms with Crippen molar-refractivity contribution in [1.29, 1.82) is 0 Å². The summed E-state index contributed by atoms with van der Waals surface area (Å²) in [6.07, 6.45) is 2.08. The number of hydrogen-bond acceptors (Lipinski definition) is 1. The summed E-state index contributed by atoms with van der Waals surface area (Å²) < 4.78 is 7.50. The van der Waals surface area contributed by atoms with Crippen molar-refractivity contribution in [2.75, 3.05) is 7.11 Å². The Hall–Kier alpha value is -3.44. The second-order valence-electron chi connectivity index (χ2n) is 6.24. The van der Waals surface area contributed by atoms with Gasteiger partial charge in [-0.2, -0.15) is 0 Å². The van der Waals surface area contributed by atoms with Crippen LogP contribution in [0.4, 0.5) is 0 Å². The molecule has 3 aromatic carbocycles. The van der Waals surface area contributed by atoms with Crippen LogP contribution in [0.3, 0.4) is 0 Å². The Morgan fingerprint density at radius 1 is 0.846 bits per heavy atom. The fourth-order valence-electron chi connectivity index (χ4n) is 3.02. The summed E-state index contributed by atoms with van der Waals surface area (Å²) in [6.45, 7) is 2.08. The zero-order valence-electron chi connectivity index (χ0n) is 14.9. The third-order valence-electron chi connectivity index (χ3n) is 4.45. The summed E-state index contributed by atoms with van der Waals surface area (Å²) >= 11 is 0. The van der Waals surface area contributed by atoms with Crippen LogP contribution in [0.5, 0.6) is 5.75 Å². The molecule has 2 heteroatoms. The van der Waals surface area contributed by atoms with Gasteiger partial charge in [0.2, 0.25) is 0 Å². The number of rotatable bonds is 2. The third kappa shape index (κ3) is 3.08. The van der Waals surface area contributed by atoms with Crippen molar-refractivity contribution >= 4 is 10.9 Å². The molecule has 0 spiro atoms. The van der Waals surface area contributed by atoms with Crippen molar-refractivity contribution in [3.63, 3.8) is 0 Å². The average molecular weight is 337 g/mol. The number of ether oxygens (including phenoxy) is 1. The lowest BCUT2D eigenvalue weighted by atomic mass is 10.1. The van der Waals surface area contributed by atoms with Gasteiger partial charge in [-0.1, -0.05) is 41.7 Å². The second kappa shape index (κ2) is 6.82. The van der Waals surface area contributed by atoms with E-state index >= 15 is 0 Å². The van der Waals surface area contributed by atoms with Crippen molar-refractivity contribution in [2.45, 2.75) is 6.92 Å². The van der Waals surface area contributed by atoms with Crippen LogP contribution in [-0.2, 0) is 0 Å². The van der Waals surface area contributed by atoms with Gasteiger partial charge in [0.25, 0.3) is 0 Å². The van der Waals surface area contributed by atoms with Crippen LogP contribution in [0.2, 0.25) is 0 Å². The van der Waals surface area contributed by atoms with Crippen molar-refractivity contribution in [3.05, 3.63) is 95.7 Å². The quantitative estimate of drug-likeness (QED) is 0.450. The fourth-order valence-corrected chi connectivity index (χ4v) is 3.02. The first-order chi connectivity index (χ1) is 12.7. The van der Waals surface area contributed by atoms with E-state index in [-0.39, 0.29) is 0 Å². The maximum atomic E-state index is 5.33. The molecule has 0 N–H and O–H groups in total. The van der Waals surface area contributed by atoms with Crippen LogP contribution in [0.25, 0.3) is 16.6 Å². The number of nitrogens with zero attached hydrogens (tertiary/aromatic N) is 1. The maximum Gasteiger partial charge on any atom is 0.119 e. The molecule has 126 valence electrons. The minimum atomic E-state index is 0.864. The molecule has 1 aromatic heterocycles. The summed E-state index contributed by atoms with van der Waals surface area (Å²) in [5.74, 6) is 7.47. The van der Waals surface area contributed by atoms with E-state index in [0.717, 1.165) is 33.5 Å². The maximum absolute atomic E-state index is 5.33. The summed E-state index contributed by atoms with van der Waals surface area (Å²) in [4.78, 5) is 0. The highest BCUT2D eigenvalue weighted by Gasteiger charge is 2.07. The number of fused-ring (bicyclic) bond motifs is 1. The molecule has 0 bridgehead atoms. The van der Waals surface area contributed by atoms with Gasteiger partial charge in [-0.15, -0.1) is 0 Å². The minimum Gasteiger partial charge on any atom is -0.497 e. The van der Waals surface area contributed by atoms with Crippen LogP contribution in [-0.4, -0.2) is 11.7 Å². The lowest BCUT2D eigenvalue weighted by Gasteiger charge is -2.08. The SMILES string of the molecule is COc1ccc2c(ccn2-c2ccccc2C#Cc2ccc(C)cc2)c1. The first-order valence-electron chi connectivity index (χ1n) is 8.58. The van der Waals surface area contributed by atoms with Gasteiger partial charge in [0.15, 0.2) is 0 Å². The van der Waals surface area contributed by atoms with E-state index in [9.17, 15) is 0 Å². The predicted molar refractivity (Wildman–Crippen MR) is 107 cm³/mol. The highest BCUT2D eigenvalue weighted by molar-refractivity contribution is 5.84. The molecule has 0 radical (unpaired) electrons. The van der Waals surface area contributed by atoms with Crippen LogP contribution in [0, 0.1) is 18.8 Å². The molecular weight excluding hydrogens is 318 g/mol. The van der Waals surface area contributed by atoms with Crippen LogP contribution < -0.4 is 4.74 Å². The molecule has 0 saturated carbocycles. The van der Waals surface area contributed by atoms with Crippen molar-refractivity contribution in [1.82, 2.24) is 4.57 Å². The van der Waals surface area contributed by atoms with E-state index in [1.54, 1.807) is 7.11 Å². The standard InChI is InChI=1S/C24H19NO/c1-18-7-9-19(10-8-18)11-12-20-5-3-4-6-23(20)25-16-15-21-17-22(26-2)13-14-24(21)25/h3-10,13-17H,1-2H3. The average Bonchev–Trinajstić information content (AvgIpc) is 3.10. The second-order valence-corrected chi connectivity index (χ2v) is 6.24. The van der Waals surface area contributed by atoms with E-state index in [1.165, 1.54) is 5.56 Å². The van der Waals surface area contributed by atoms with E-state index in [1.807, 2.05) is 24.3 Å². The van der Waals surface area contributed by atoms with Crippen LogP contribution in [0.1, 0.15) is 16.7 Å². The zero-order valence-corrected chi connectivity index (χ0v) is 14.9. The molecule has 26 heavy (non-hydrogen) atoms. The Morgan fingerprint density at radius 2 is 1.65 bits per heavy atom. The van der Waals surface area contributed by atoms with Gasteiger partial charge in [-0.25, -0.2) is 0 Å². The van der Waals surface area contributed by atoms with Crippen molar-refractivity contribution < 1.29 is 4.74 Å². The van der Waals surface area contributed by atoms with Gasteiger partial charge in [0.05, 0.1) is 18.3 Å². The lowest BCUT2D eigenvalue weighted by molar-refractivity contribution is 0.415. The lowest BCUT2D eigenvalue weighted by Crippen LogP contribution is -1.95. The molecular formula is C24H19NO. The highest BCUT2D eigenvalue weighted by atomic mass is 16.5.